The smallest absolute Gasteiger partial charge is 0.143 e. The molecule has 0 spiro atoms. The van der Waals surface area contributed by atoms with Crippen molar-refractivity contribution in [3.63, 3.8) is 0 Å². The normalized spacial score (nSPS) is 12.0. The minimum atomic E-state index is 0.896. The highest BCUT2D eigenvalue weighted by atomic mass is 32.1. The second kappa shape index (κ2) is 11.9. The van der Waals surface area contributed by atoms with Gasteiger partial charge in [-0.15, -0.1) is 22.7 Å². The van der Waals surface area contributed by atoms with E-state index in [1.54, 1.807) is 11.3 Å². The van der Waals surface area contributed by atoms with E-state index in [0.29, 0.717) is 0 Å². The zero-order chi connectivity index (χ0) is 36.0. The molecule has 12 aromatic rings. The summed E-state index contributed by atoms with van der Waals surface area (Å²) in [5, 5.41) is 6.03. The first-order valence-corrected chi connectivity index (χ1v) is 20.0. The Morgan fingerprint density at radius 2 is 1.02 bits per heavy atom. The molecule has 8 aromatic carbocycles. The highest BCUT2D eigenvalue weighted by Gasteiger charge is 2.16. The SMILES string of the molecule is c1cc(-c2ccc3sc4nc5ccc(-c6cccc(-c7cccc8c7sc7ccccc78)c6)cc5nc4c3c2)cc(-c2cccc3c2oc2ccccc23)c1. The summed E-state index contributed by atoms with van der Waals surface area (Å²) in [7, 11) is 0. The van der Waals surface area contributed by atoms with E-state index in [1.807, 2.05) is 23.5 Å². The van der Waals surface area contributed by atoms with Crippen LogP contribution < -0.4 is 0 Å². The van der Waals surface area contributed by atoms with Crippen LogP contribution in [0.15, 0.2) is 174 Å². The van der Waals surface area contributed by atoms with Gasteiger partial charge in [-0.25, -0.2) is 9.97 Å². The van der Waals surface area contributed by atoms with Gasteiger partial charge >= 0.3 is 0 Å². The predicted octanol–water partition coefficient (Wildman–Crippen LogP) is 14.9. The van der Waals surface area contributed by atoms with Crippen LogP contribution >= 0.6 is 22.7 Å². The minimum Gasteiger partial charge on any atom is -0.455 e. The van der Waals surface area contributed by atoms with Gasteiger partial charge < -0.3 is 4.42 Å². The van der Waals surface area contributed by atoms with Gasteiger partial charge in [-0.05, 0) is 87.5 Å². The molecule has 0 amide bonds. The fourth-order valence-corrected chi connectivity index (χ4v) is 10.5. The molecule has 0 unspecified atom stereocenters. The Morgan fingerprint density at radius 1 is 0.382 bits per heavy atom. The second-order valence-corrected chi connectivity index (χ2v) is 16.2. The van der Waals surface area contributed by atoms with Crippen molar-refractivity contribution in [1.29, 1.82) is 0 Å². The summed E-state index contributed by atoms with van der Waals surface area (Å²) >= 11 is 3.57. The van der Waals surface area contributed by atoms with Crippen molar-refractivity contribution in [3.05, 3.63) is 170 Å². The molecule has 3 nitrogen and oxygen atoms in total. The quantitative estimate of drug-likeness (QED) is 0.181. The lowest BCUT2D eigenvalue weighted by Gasteiger charge is -2.08. The van der Waals surface area contributed by atoms with E-state index in [-0.39, 0.29) is 0 Å². The van der Waals surface area contributed by atoms with Crippen molar-refractivity contribution >= 4 is 96.3 Å². The molecule has 5 heteroatoms. The number of furan rings is 1. The number of hydrogen-bond donors (Lipinski definition) is 0. The maximum absolute atomic E-state index is 6.39. The molecule has 0 saturated carbocycles. The first kappa shape index (κ1) is 30.8. The van der Waals surface area contributed by atoms with Crippen LogP contribution in [0, 0.1) is 0 Å². The molecule has 0 saturated heterocycles. The number of hydrogen-bond acceptors (Lipinski definition) is 5. The number of nitrogens with zero attached hydrogens (tertiary/aromatic N) is 2. The van der Waals surface area contributed by atoms with Crippen LogP contribution in [0.25, 0.3) is 118 Å². The van der Waals surface area contributed by atoms with Gasteiger partial charge in [0.05, 0.1) is 11.0 Å². The third-order valence-electron chi connectivity index (χ3n) is 10.9. The Hall–Kier alpha value is -6.66. The largest absolute Gasteiger partial charge is 0.455 e. The van der Waals surface area contributed by atoms with Crippen molar-refractivity contribution in [2.75, 3.05) is 0 Å². The van der Waals surface area contributed by atoms with Crippen LogP contribution in [0.1, 0.15) is 0 Å². The molecule has 0 N–H and O–H groups in total. The molecule has 55 heavy (non-hydrogen) atoms. The molecule has 256 valence electrons. The first-order chi connectivity index (χ1) is 27.2. The Kier molecular flexibility index (Phi) is 6.67. The van der Waals surface area contributed by atoms with Gasteiger partial charge in [-0.3, -0.25) is 0 Å². The fraction of sp³-hybridized carbons (Fsp3) is 0. The van der Waals surface area contributed by atoms with Gasteiger partial charge in [0, 0.05) is 46.6 Å². The highest BCUT2D eigenvalue weighted by Crippen LogP contribution is 2.42. The zero-order valence-electron chi connectivity index (χ0n) is 29.3. The minimum absolute atomic E-state index is 0.896. The van der Waals surface area contributed by atoms with Gasteiger partial charge in [0.2, 0.25) is 0 Å². The third kappa shape index (κ3) is 4.87. The van der Waals surface area contributed by atoms with Crippen molar-refractivity contribution in [2.45, 2.75) is 0 Å². The standard InChI is InChI=1S/C50H28N2OS2/c1-3-19-44-37(13-1)39-17-7-15-35(48(39)53-44)33-11-5-9-29(25-33)31-22-24-46-41(27-31)47-50(55-46)52-42-23-21-32(28-43(42)51-47)30-10-6-12-34(26-30)36-16-8-18-40-38-14-2-4-20-45(38)54-49(36)40/h1-28H. The number of benzene rings is 8. The molecule has 0 aliphatic rings. The number of fused-ring (bicyclic) bond motifs is 10. The Balaban J connectivity index is 0.934. The summed E-state index contributed by atoms with van der Waals surface area (Å²) in [4.78, 5) is 11.4. The average Bonchev–Trinajstić information content (AvgIpc) is 3.93. The topological polar surface area (TPSA) is 38.9 Å². The summed E-state index contributed by atoms with van der Waals surface area (Å²) in [6.45, 7) is 0. The molecule has 0 fully saturated rings. The number of para-hydroxylation sites is 2. The van der Waals surface area contributed by atoms with E-state index in [1.165, 1.54) is 36.0 Å². The molecule has 0 aliphatic carbocycles. The summed E-state index contributed by atoms with van der Waals surface area (Å²) in [6, 6.07) is 60.8. The lowest BCUT2D eigenvalue weighted by atomic mass is 9.97. The van der Waals surface area contributed by atoms with Gasteiger partial charge in [0.15, 0.2) is 0 Å². The van der Waals surface area contributed by atoms with Crippen molar-refractivity contribution in [2.24, 2.45) is 0 Å². The Bertz CT molecular complexity index is 3510. The molecule has 0 atom stereocenters. The van der Waals surface area contributed by atoms with E-state index in [0.717, 1.165) is 82.1 Å². The van der Waals surface area contributed by atoms with Crippen LogP contribution in [0.5, 0.6) is 0 Å². The average molecular weight is 737 g/mol. The van der Waals surface area contributed by atoms with Crippen molar-refractivity contribution < 1.29 is 4.42 Å². The molecule has 0 radical (unpaired) electrons. The number of aromatic nitrogens is 2. The fourth-order valence-electron chi connectivity index (χ4n) is 8.23. The third-order valence-corrected chi connectivity index (χ3v) is 13.2. The molecule has 4 heterocycles. The lowest BCUT2D eigenvalue weighted by Crippen LogP contribution is -1.87. The summed E-state index contributed by atoms with van der Waals surface area (Å²) < 4.78 is 10.2. The van der Waals surface area contributed by atoms with Crippen LogP contribution in [0.2, 0.25) is 0 Å². The molecular formula is C50H28N2OS2. The van der Waals surface area contributed by atoms with Gasteiger partial charge in [0.1, 0.15) is 21.5 Å². The Morgan fingerprint density at radius 3 is 1.89 bits per heavy atom. The van der Waals surface area contributed by atoms with Crippen LogP contribution in [-0.4, -0.2) is 9.97 Å². The van der Waals surface area contributed by atoms with Gasteiger partial charge in [0.25, 0.3) is 0 Å². The molecule has 4 aromatic heterocycles. The molecule has 0 bridgehead atoms. The van der Waals surface area contributed by atoms with E-state index in [4.69, 9.17) is 14.4 Å². The second-order valence-electron chi connectivity index (χ2n) is 14.1. The monoisotopic (exact) mass is 736 g/mol. The highest BCUT2D eigenvalue weighted by molar-refractivity contribution is 7.26. The van der Waals surface area contributed by atoms with E-state index in [9.17, 15) is 0 Å². The van der Waals surface area contributed by atoms with Crippen molar-refractivity contribution in [1.82, 2.24) is 9.97 Å². The predicted molar refractivity (Wildman–Crippen MR) is 234 cm³/mol. The number of thiophene rings is 2. The molecular weight excluding hydrogens is 709 g/mol. The van der Waals surface area contributed by atoms with Gasteiger partial charge in [-0.1, -0.05) is 121 Å². The van der Waals surface area contributed by atoms with E-state index in [2.05, 4.69) is 158 Å². The summed E-state index contributed by atoms with van der Waals surface area (Å²) in [6.07, 6.45) is 0. The lowest BCUT2D eigenvalue weighted by molar-refractivity contribution is 0.670. The maximum Gasteiger partial charge on any atom is 0.143 e. The van der Waals surface area contributed by atoms with Crippen LogP contribution in [0.4, 0.5) is 0 Å². The first-order valence-electron chi connectivity index (χ1n) is 18.4. The van der Waals surface area contributed by atoms with E-state index >= 15 is 0 Å². The Labute approximate surface area is 323 Å². The van der Waals surface area contributed by atoms with Crippen molar-refractivity contribution in [3.8, 4) is 44.5 Å². The van der Waals surface area contributed by atoms with Crippen LogP contribution in [-0.2, 0) is 0 Å². The van der Waals surface area contributed by atoms with E-state index < -0.39 is 0 Å². The van der Waals surface area contributed by atoms with Crippen LogP contribution in [0.3, 0.4) is 0 Å². The summed E-state index contributed by atoms with van der Waals surface area (Å²) in [5.74, 6) is 0. The molecule has 0 aliphatic heterocycles. The molecule has 12 rings (SSSR count). The maximum atomic E-state index is 6.39. The zero-order valence-corrected chi connectivity index (χ0v) is 30.9. The summed E-state index contributed by atoms with van der Waals surface area (Å²) in [5.41, 5.74) is 13.8. The van der Waals surface area contributed by atoms with Gasteiger partial charge in [-0.2, -0.15) is 0 Å². The number of rotatable bonds is 4.